The van der Waals surface area contributed by atoms with Crippen LogP contribution < -0.4 is 0 Å². The summed E-state index contributed by atoms with van der Waals surface area (Å²) in [7, 11) is 0. The van der Waals surface area contributed by atoms with E-state index in [0.29, 0.717) is 10.0 Å². The largest absolute Gasteiger partial charge is 0.506 e. The molecule has 4 heteroatoms. The molecule has 0 saturated carbocycles. The van der Waals surface area contributed by atoms with E-state index in [0.717, 1.165) is 31.2 Å². The van der Waals surface area contributed by atoms with Gasteiger partial charge in [-0.3, -0.25) is 4.79 Å². The third-order valence-corrected chi connectivity index (χ3v) is 4.08. The highest BCUT2D eigenvalue weighted by atomic mass is 79.9. The number of halogens is 1. The molecule has 0 saturated heterocycles. The summed E-state index contributed by atoms with van der Waals surface area (Å²) in [6, 6.07) is 1.86. The summed E-state index contributed by atoms with van der Waals surface area (Å²) in [5.74, 6) is -0.825. The molecule has 0 fully saturated rings. The average molecular weight is 299 g/mol. The molecule has 2 rings (SSSR count). The van der Waals surface area contributed by atoms with E-state index in [1.807, 2.05) is 6.07 Å². The van der Waals surface area contributed by atoms with Gasteiger partial charge in [-0.15, -0.1) is 0 Å². The van der Waals surface area contributed by atoms with Crippen LogP contribution in [0.25, 0.3) is 0 Å². The molecule has 0 unspecified atom stereocenters. The first kappa shape index (κ1) is 12.4. The average Bonchev–Trinajstić information content (AvgIpc) is 2.50. The van der Waals surface area contributed by atoms with Crippen molar-refractivity contribution in [3.8, 4) is 5.75 Å². The highest BCUT2D eigenvalue weighted by molar-refractivity contribution is 9.10. The third-order valence-electron chi connectivity index (χ3n) is 3.23. The first-order valence-corrected chi connectivity index (χ1v) is 6.62. The van der Waals surface area contributed by atoms with Crippen LogP contribution in [-0.2, 0) is 24.1 Å². The van der Waals surface area contributed by atoms with Crippen LogP contribution in [0.4, 0.5) is 0 Å². The fraction of sp³-hybridized carbons (Fsp3) is 0.462. The number of carboxylic acids is 1. The fourth-order valence-corrected chi connectivity index (χ4v) is 3.08. The predicted octanol–water partition coefficient (Wildman–Crippen LogP) is 3.05. The quantitative estimate of drug-likeness (QED) is 0.825. The Bertz CT molecular complexity index is 454. The zero-order valence-electron chi connectivity index (χ0n) is 9.50. The first-order chi connectivity index (χ1) is 8.09. The number of aromatic hydroxyl groups is 1. The van der Waals surface area contributed by atoms with E-state index in [-0.39, 0.29) is 12.2 Å². The van der Waals surface area contributed by atoms with Gasteiger partial charge in [-0.05, 0) is 52.7 Å². The molecule has 0 aliphatic heterocycles. The SMILES string of the molecule is O=C(O)Cc1cc2c(c(Br)c1O)CCCCC2. The molecule has 1 aliphatic carbocycles. The normalized spacial score (nSPS) is 15.1. The van der Waals surface area contributed by atoms with E-state index in [9.17, 15) is 9.90 Å². The molecule has 0 aromatic heterocycles. The maximum atomic E-state index is 10.7. The number of fused-ring (bicyclic) bond motifs is 1. The molecule has 1 aliphatic rings. The van der Waals surface area contributed by atoms with Gasteiger partial charge >= 0.3 is 5.97 Å². The van der Waals surface area contributed by atoms with Crippen molar-refractivity contribution in [2.24, 2.45) is 0 Å². The molecule has 1 aromatic carbocycles. The van der Waals surface area contributed by atoms with Gasteiger partial charge < -0.3 is 10.2 Å². The van der Waals surface area contributed by atoms with Crippen LogP contribution in [0.15, 0.2) is 10.5 Å². The van der Waals surface area contributed by atoms with Crippen molar-refractivity contribution in [3.05, 3.63) is 27.2 Å². The van der Waals surface area contributed by atoms with Crippen molar-refractivity contribution < 1.29 is 15.0 Å². The van der Waals surface area contributed by atoms with E-state index in [4.69, 9.17) is 5.11 Å². The number of phenolic OH excluding ortho intramolecular Hbond substituents is 1. The van der Waals surface area contributed by atoms with Crippen molar-refractivity contribution in [3.63, 3.8) is 0 Å². The van der Waals surface area contributed by atoms with E-state index in [2.05, 4.69) is 15.9 Å². The topological polar surface area (TPSA) is 57.5 Å². The van der Waals surface area contributed by atoms with Crippen LogP contribution in [0.3, 0.4) is 0 Å². The Labute approximate surface area is 109 Å². The number of carboxylic acid groups (broad SMARTS) is 1. The molecule has 3 nitrogen and oxygen atoms in total. The highest BCUT2D eigenvalue weighted by Crippen LogP contribution is 2.37. The number of aliphatic carboxylic acids is 1. The van der Waals surface area contributed by atoms with Gasteiger partial charge in [0.25, 0.3) is 0 Å². The number of phenols is 1. The Morgan fingerprint density at radius 3 is 2.71 bits per heavy atom. The second-order valence-electron chi connectivity index (χ2n) is 4.47. The molecule has 2 N–H and O–H groups in total. The Hall–Kier alpha value is -1.03. The molecule has 0 atom stereocenters. The van der Waals surface area contributed by atoms with E-state index >= 15 is 0 Å². The maximum Gasteiger partial charge on any atom is 0.307 e. The zero-order valence-corrected chi connectivity index (χ0v) is 11.1. The summed E-state index contributed by atoms with van der Waals surface area (Å²) in [5.41, 5.74) is 2.84. The van der Waals surface area contributed by atoms with Crippen molar-refractivity contribution >= 4 is 21.9 Å². The Kier molecular flexibility index (Phi) is 3.72. The second kappa shape index (κ2) is 5.08. The number of benzene rings is 1. The van der Waals surface area contributed by atoms with Crippen LogP contribution in [0, 0.1) is 0 Å². The predicted molar refractivity (Wildman–Crippen MR) is 68.4 cm³/mol. The summed E-state index contributed by atoms with van der Waals surface area (Å²) in [6.07, 6.45) is 5.26. The van der Waals surface area contributed by atoms with Crippen LogP contribution in [0.2, 0.25) is 0 Å². The molecule has 0 spiro atoms. The minimum Gasteiger partial charge on any atom is -0.506 e. The van der Waals surface area contributed by atoms with Gasteiger partial charge in [0.05, 0.1) is 10.9 Å². The summed E-state index contributed by atoms with van der Waals surface area (Å²) < 4.78 is 0.688. The lowest BCUT2D eigenvalue weighted by atomic mass is 9.98. The Balaban J connectivity index is 2.47. The molecular weight excluding hydrogens is 284 g/mol. The Morgan fingerprint density at radius 1 is 1.29 bits per heavy atom. The van der Waals surface area contributed by atoms with Crippen molar-refractivity contribution in [2.45, 2.75) is 38.5 Å². The molecule has 0 bridgehead atoms. The standard InChI is InChI=1S/C13H15BrO3/c14-12-10-5-3-1-2-4-8(10)6-9(13(12)17)7-11(15)16/h6,17H,1-5,7H2,(H,15,16). The first-order valence-electron chi connectivity index (χ1n) is 5.83. The molecular formula is C13H15BrO3. The lowest BCUT2D eigenvalue weighted by molar-refractivity contribution is -0.136. The molecule has 0 heterocycles. The number of hydrogen-bond acceptors (Lipinski definition) is 2. The lowest BCUT2D eigenvalue weighted by Crippen LogP contribution is -2.03. The Morgan fingerprint density at radius 2 is 2.00 bits per heavy atom. The molecule has 92 valence electrons. The summed E-state index contributed by atoms with van der Waals surface area (Å²) in [6.45, 7) is 0. The van der Waals surface area contributed by atoms with E-state index < -0.39 is 5.97 Å². The monoisotopic (exact) mass is 298 g/mol. The van der Waals surface area contributed by atoms with Crippen LogP contribution in [0.1, 0.15) is 36.0 Å². The summed E-state index contributed by atoms with van der Waals surface area (Å²) >= 11 is 3.40. The minimum atomic E-state index is -0.916. The van der Waals surface area contributed by atoms with Crippen molar-refractivity contribution in [1.29, 1.82) is 0 Å². The van der Waals surface area contributed by atoms with E-state index in [1.54, 1.807) is 0 Å². The summed E-state index contributed by atoms with van der Waals surface area (Å²) in [5, 5.41) is 18.8. The van der Waals surface area contributed by atoms with Crippen molar-refractivity contribution in [2.75, 3.05) is 0 Å². The molecule has 1 aromatic rings. The van der Waals surface area contributed by atoms with Gasteiger partial charge in [-0.1, -0.05) is 12.5 Å². The van der Waals surface area contributed by atoms with Gasteiger partial charge in [-0.2, -0.15) is 0 Å². The number of hydrogen-bond donors (Lipinski definition) is 2. The zero-order chi connectivity index (χ0) is 12.4. The van der Waals surface area contributed by atoms with Crippen LogP contribution in [0.5, 0.6) is 5.75 Å². The van der Waals surface area contributed by atoms with Gasteiger partial charge in [-0.25, -0.2) is 0 Å². The molecule has 0 radical (unpaired) electrons. The molecule has 0 amide bonds. The van der Waals surface area contributed by atoms with Gasteiger partial charge in [0.1, 0.15) is 5.75 Å². The minimum absolute atomic E-state index is 0.0908. The van der Waals surface area contributed by atoms with E-state index in [1.165, 1.54) is 12.0 Å². The van der Waals surface area contributed by atoms with Gasteiger partial charge in [0.2, 0.25) is 0 Å². The van der Waals surface area contributed by atoms with Crippen LogP contribution >= 0.6 is 15.9 Å². The number of carbonyl (C=O) groups is 1. The van der Waals surface area contributed by atoms with Gasteiger partial charge in [0.15, 0.2) is 0 Å². The number of aryl methyl sites for hydroxylation is 1. The lowest BCUT2D eigenvalue weighted by Gasteiger charge is -2.13. The third kappa shape index (κ3) is 2.63. The number of rotatable bonds is 2. The summed E-state index contributed by atoms with van der Waals surface area (Å²) in [4.78, 5) is 10.7. The molecule has 17 heavy (non-hydrogen) atoms. The van der Waals surface area contributed by atoms with Crippen molar-refractivity contribution in [1.82, 2.24) is 0 Å². The second-order valence-corrected chi connectivity index (χ2v) is 5.26. The maximum absolute atomic E-state index is 10.7. The highest BCUT2D eigenvalue weighted by Gasteiger charge is 2.18. The van der Waals surface area contributed by atoms with Crippen LogP contribution in [-0.4, -0.2) is 16.2 Å². The van der Waals surface area contributed by atoms with Gasteiger partial charge in [0, 0.05) is 5.56 Å². The fourth-order valence-electron chi connectivity index (χ4n) is 2.38. The smallest absolute Gasteiger partial charge is 0.307 e.